The van der Waals surface area contributed by atoms with Crippen LogP contribution in [0.15, 0.2) is 41.1 Å². The van der Waals surface area contributed by atoms with E-state index in [9.17, 15) is 0 Å². The van der Waals surface area contributed by atoms with Crippen LogP contribution in [-0.4, -0.2) is 4.98 Å². The maximum absolute atomic E-state index is 5.72. The van der Waals surface area contributed by atoms with Gasteiger partial charge in [0.2, 0.25) is 0 Å². The van der Waals surface area contributed by atoms with Crippen molar-refractivity contribution in [3.8, 4) is 0 Å². The molecular formula is C11H10ClNO. The fourth-order valence-corrected chi connectivity index (χ4v) is 1.55. The van der Waals surface area contributed by atoms with Crippen LogP contribution < -0.4 is 0 Å². The summed E-state index contributed by atoms with van der Waals surface area (Å²) in [5, 5.41) is 0. The van der Waals surface area contributed by atoms with Crippen molar-refractivity contribution in [2.24, 2.45) is 0 Å². The molecule has 0 bridgehead atoms. The highest BCUT2D eigenvalue weighted by Gasteiger charge is 2.06. The summed E-state index contributed by atoms with van der Waals surface area (Å²) in [5.74, 6) is 1.25. The number of hydrogen-bond acceptors (Lipinski definition) is 2. The molecular weight excluding hydrogens is 198 g/mol. The smallest absolute Gasteiger partial charge is 0.181 e. The molecule has 0 radical (unpaired) electrons. The van der Waals surface area contributed by atoms with E-state index in [0.717, 1.165) is 17.9 Å². The van der Waals surface area contributed by atoms with Crippen molar-refractivity contribution in [3.63, 3.8) is 0 Å². The highest BCUT2D eigenvalue weighted by atomic mass is 35.5. The molecule has 72 valence electrons. The highest BCUT2D eigenvalue weighted by molar-refractivity contribution is 6.16. The van der Waals surface area contributed by atoms with Gasteiger partial charge in [0, 0.05) is 6.42 Å². The van der Waals surface area contributed by atoms with Gasteiger partial charge in [-0.25, -0.2) is 4.98 Å². The van der Waals surface area contributed by atoms with Gasteiger partial charge in [0.1, 0.15) is 5.76 Å². The third kappa shape index (κ3) is 1.96. The number of halogens is 1. The van der Waals surface area contributed by atoms with Crippen LogP contribution in [0.2, 0.25) is 0 Å². The molecule has 0 atom stereocenters. The van der Waals surface area contributed by atoms with Crippen LogP contribution in [0.4, 0.5) is 0 Å². The molecule has 2 aromatic rings. The summed E-state index contributed by atoms with van der Waals surface area (Å²) in [7, 11) is 0. The second-order valence-electron chi connectivity index (χ2n) is 3.02. The summed E-state index contributed by atoms with van der Waals surface area (Å²) in [6.07, 6.45) is 2.19. The molecule has 3 heteroatoms. The fraction of sp³-hybridized carbons (Fsp3) is 0.182. The van der Waals surface area contributed by atoms with Gasteiger partial charge < -0.3 is 4.42 Å². The van der Waals surface area contributed by atoms with Gasteiger partial charge in [0.25, 0.3) is 0 Å². The average Bonchev–Trinajstić information content (AvgIpc) is 2.67. The highest BCUT2D eigenvalue weighted by Crippen LogP contribution is 2.14. The summed E-state index contributed by atoms with van der Waals surface area (Å²) in [5.41, 5.74) is 2.03. The van der Waals surface area contributed by atoms with Gasteiger partial charge in [-0.1, -0.05) is 30.3 Å². The first-order valence-electron chi connectivity index (χ1n) is 4.41. The van der Waals surface area contributed by atoms with Crippen molar-refractivity contribution in [2.75, 3.05) is 0 Å². The Hall–Kier alpha value is -1.28. The zero-order valence-electron chi connectivity index (χ0n) is 7.61. The van der Waals surface area contributed by atoms with Crippen molar-refractivity contribution in [3.05, 3.63) is 53.7 Å². The monoisotopic (exact) mass is 207 g/mol. The third-order valence-corrected chi connectivity index (χ3v) is 2.31. The van der Waals surface area contributed by atoms with Crippen molar-refractivity contribution >= 4 is 11.6 Å². The number of rotatable bonds is 3. The Morgan fingerprint density at radius 1 is 1.21 bits per heavy atom. The Kier molecular flexibility index (Phi) is 2.84. The van der Waals surface area contributed by atoms with Crippen LogP contribution in [0, 0.1) is 0 Å². The maximum Gasteiger partial charge on any atom is 0.181 e. The van der Waals surface area contributed by atoms with Crippen molar-refractivity contribution < 1.29 is 4.42 Å². The van der Waals surface area contributed by atoms with E-state index in [1.807, 2.05) is 18.2 Å². The summed E-state index contributed by atoms with van der Waals surface area (Å²) < 4.78 is 5.26. The Balaban J connectivity index is 2.19. The van der Waals surface area contributed by atoms with Gasteiger partial charge in [0.15, 0.2) is 6.39 Å². The predicted molar refractivity (Wildman–Crippen MR) is 55.3 cm³/mol. The van der Waals surface area contributed by atoms with Gasteiger partial charge in [-0.05, 0) is 5.56 Å². The molecule has 0 saturated heterocycles. The van der Waals surface area contributed by atoms with Gasteiger partial charge in [-0.3, -0.25) is 0 Å². The van der Waals surface area contributed by atoms with Crippen LogP contribution in [0.1, 0.15) is 17.0 Å². The lowest BCUT2D eigenvalue weighted by Crippen LogP contribution is -1.90. The van der Waals surface area contributed by atoms with Crippen molar-refractivity contribution in [2.45, 2.75) is 12.3 Å². The van der Waals surface area contributed by atoms with E-state index < -0.39 is 0 Å². The molecule has 0 unspecified atom stereocenters. The molecule has 0 amide bonds. The molecule has 0 N–H and O–H groups in total. The first kappa shape index (κ1) is 9.28. The average molecular weight is 208 g/mol. The second kappa shape index (κ2) is 4.29. The van der Waals surface area contributed by atoms with E-state index in [-0.39, 0.29) is 0 Å². The van der Waals surface area contributed by atoms with Gasteiger partial charge in [-0.2, -0.15) is 0 Å². The molecule has 0 spiro atoms. The zero-order chi connectivity index (χ0) is 9.80. The Morgan fingerprint density at radius 3 is 2.71 bits per heavy atom. The van der Waals surface area contributed by atoms with Crippen LogP contribution >= 0.6 is 11.6 Å². The van der Waals surface area contributed by atoms with Crippen molar-refractivity contribution in [1.29, 1.82) is 0 Å². The largest absolute Gasteiger partial charge is 0.448 e. The first-order valence-corrected chi connectivity index (χ1v) is 4.94. The minimum absolute atomic E-state index is 0.401. The molecule has 0 saturated carbocycles. The van der Waals surface area contributed by atoms with E-state index in [0.29, 0.717) is 5.88 Å². The standard InChI is InChI=1S/C11H10ClNO/c12-7-10-11(14-8-13-10)6-9-4-2-1-3-5-9/h1-5,8H,6-7H2. The molecule has 2 nitrogen and oxygen atoms in total. The lowest BCUT2D eigenvalue weighted by molar-refractivity contribution is 0.512. The lowest BCUT2D eigenvalue weighted by atomic mass is 10.1. The molecule has 14 heavy (non-hydrogen) atoms. The minimum Gasteiger partial charge on any atom is -0.448 e. The zero-order valence-corrected chi connectivity index (χ0v) is 8.37. The van der Waals surface area contributed by atoms with E-state index >= 15 is 0 Å². The summed E-state index contributed by atoms with van der Waals surface area (Å²) in [6, 6.07) is 10.1. The van der Waals surface area contributed by atoms with Crippen LogP contribution in [0.3, 0.4) is 0 Å². The summed E-state index contributed by atoms with van der Waals surface area (Å²) >= 11 is 5.72. The fourth-order valence-electron chi connectivity index (χ4n) is 1.33. The molecule has 0 aliphatic carbocycles. The number of aromatic nitrogens is 1. The molecule has 2 rings (SSSR count). The number of nitrogens with zero attached hydrogens (tertiary/aromatic N) is 1. The molecule has 0 aliphatic rings. The van der Waals surface area contributed by atoms with Gasteiger partial charge in [-0.15, -0.1) is 11.6 Å². The third-order valence-electron chi connectivity index (χ3n) is 2.06. The minimum atomic E-state index is 0.401. The molecule has 0 aliphatic heterocycles. The number of oxazole rings is 1. The summed E-state index contributed by atoms with van der Waals surface area (Å²) in [6.45, 7) is 0. The number of hydrogen-bond donors (Lipinski definition) is 0. The quantitative estimate of drug-likeness (QED) is 0.724. The Bertz CT molecular complexity index is 397. The van der Waals surface area contributed by atoms with E-state index in [4.69, 9.17) is 16.0 Å². The van der Waals surface area contributed by atoms with Crippen LogP contribution in [0.25, 0.3) is 0 Å². The van der Waals surface area contributed by atoms with E-state index in [1.165, 1.54) is 12.0 Å². The van der Waals surface area contributed by atoms with E-state index in [1.54, 1.807) is 0 Å². The van der Waals surface area contributed by atoms with Crippen LogP contribution in [0.5, 0.6) is 0 Å². The predicted octanol–water partition coefficient (Wildman–Crippen LogP) is 3.00. The molecule has 1 aromatic carbocycles. The molecule has 1 aromatic heterocycles. The number of benzene rings is 1. The van der Waals surface area contributed by atoms with Gasteiger partial charge >= 0.3 is 0 Å². The molecule has 0 fully saturated rings. The topological polar surface area (TPSA) is 26.0 Å². The normalized spacial score (nSPS) is 10.4. The number of alkyl halides is 1. The first-order chi connectivity index (χ1) is 6.90. The lowest BCUT2D eigenvalue weighted by Gasteiger charge is -1.98. The Labute approximate surface area is 87.5 Å². The Morgan fingerprint density at radius 2 is 2.00 bits per heavy atom. The second-order valence-corrected chi connectivity index (χ2v) is 3.29. The van der Waals surface area contributed by atoms with E-state index in [2.05, 4.69) is 17.1 Å². The maximum atomic E-state index is 5.72. The SMILES string of the molecule is ClCc1ncoc1Cc1ccccc1. The van der Waals surface area contributed by atoms with Crippen LogP contribution in [-0.2, 0) is 12.3 Å². The van der Waals surface area contributed by atoms with Crippen molar-refractivity contribution in [1.82, 2.24) is 4.98 Å². The summed E-state index contributed by atoms with van der Waals surface area (Å²) in [4.78, 5) is 4.03. The molecule has 1 heterocycles. The van der Waals surface area contributed by atoms with Gasteiger partial charge in [0.05, 0.1) is 11.6 Å².